The molecule has 0 bridgehead atoms. The number of fused-ring (bicyclic) bond motifs is 1. The van der Waals surface area contributed by atoms with E-state index in [1.165, 1.54) is 16.9 Å². The summed E-state index contributed by atoms with van der Waals surface area (Å²) in [6, 6.07) is 5.70. The van der Waals surface area contributed by atoms with Crippen molar-refractivity contribution in [1.82, 2.24) is 25.3 Å². The maximum Gasteiger partial charge on any atom is 0.233 e. The Labute approximate surface area is 173 Å². The number of nitrogens with one attached hydrogen (secondary N) is 1. The van der Waals surface area contributed by atoms with Crippen molar-refractivity contribution in [1.29, 1.82) is 0 Å². The van der Waals surface area contributed by atoms with Crippen molar-refractivity contribution >= 4 is 35.3 Å². The van der Waals surface area contributed by atoms with Crippen LogP contribution in [0.25, 0.3) is 15.7 Å². The van der Waals surface area contributed by atoms with Crippen LogP contribution < -0.4 is 10.1 Å². The molecule has 0 saturated heterocycles. The molecule has 3 heterocycles. The Morgan fingerprint density at radius 2 is 2.11 bits per heavy atom. The predicted molar refractivity (Wildman–Crippen MR) is 111 cm³/mol. The highest BCUT2D eigenvalue weighted by Crippen LogP contribution is 2.33. The van der Waals surface area contributed by atoms with Crippen molar-refractivity contribution in [3.05, 3.63) is 40.2 Å². The average molecular weight is 426 g/mol. The first-order valence-electron chi connectivity index (χ1n) is 8.61. The van der Waals surface area contributed by atoms with Gasteiger partial charge in [-0.05, 0) is 39.0 Å². The third-order valence-electron chi connectivity index (χ3n) is 4.30. The lowest BCUT2D eigenvalue weighted by Gasteiger charge is -2.11. The van der Waals surface area contributed by atoms with E-state index in [0.717, 1.165) is 46.6 Å². The molecule has 1 aliphatic rings. The van der Waals surface area contributed by atoms with E-state index in [1.807, 2.05) is 36.7 Å². The van der Waals surface area contributed by atoms with Gasteiger partial charge in [0.1, 0.15) is 10.8 Å². The van der Waals surface area contributed by atoms with Crippen LogP contribution in [0.4, 0.5) is 0 Å². The molecule has 0 unspecified atom stereocenters. The molecule has 0 amide bonds. The molecule has 0 spiro atoms. The maximum absolute atomic E-state index is 6.35. The Bertz CT molecular complexity index is 953. The summed E-state index contributed by atoms with van der Waals surface area (Å²) in [4.78, 5) is 0. The maximum atomic E-state index is 6.35. The van der Waals surface area contributed by atoms with Gasteiger partial charge in [-0.25, -0.2) is 4.68 Å². The van der Waals surface area contributed by atoms with Crippen LogP contribution in [0.3, 0.4) is 0 Å². The highest BCUT2D eigenvalue weighted by molar-refractivity contribution is 7.17. The number of hydrogen-bond acceptors (Lipinski definition) is 6. The molecule has 144 valence electrons. The predicted octanol–water partition coefficient (Wildman–Crippen LogP) is 4.21. The van der Waals surface area contributed by atoms with Gasteiger partial charge in [0.05, 0.1) is 16.8 Å². The Kier molecular flexibility index (Phi) is 6.05. The minimum Gasteiger partial charge on any atom is -0.489 e. The zero-order valence-corrected chi connectivity index (χ0v) is 17.7. The van der Waals surface area contributed by atoms with Crippen molar-refractivity contribution in [3.63, 3.8) is 0 Å². The van der Waals surface area contributed by atoms with Crippen LogP contribution in [0.2, 0.25) is 5.02 Å². The van der Waals surface area contributed by atoms with Crippen LogP contribution in [0.5, 0.6) is 5.75 Å². The molecule has 9 heteroatoms. The molecule has 1 aromatic carbocycles. The van der Waals surface area contributed by atoms with Gasteiger partial charge >= 0.3 is 0 Å². The lowest BCUT2D eigenvalue weighted by molar-refractivity contribution is 0.242. The largest absolute Gasteiger partial charge is 0.489 e. The Morgan fingerprint density at radius 1 is 1.30 bits per heavy atom. The molecule has 27 heavy (non-hydrogen) atoms. The number of nitrogens with zero attached hydrogens (tertiary/aromatic N) is 4. The zero-order chi connectivity index (χ0) is 18.3. The quantitative estimate of drug-likeness (QED) is 0.677. The van der Waals surface area contributed by atoms with Crippen molar-refractivity contribution in [2.45, 2.75) is 39.8 Å². The summed E-state index contributed by atoms with van der Waals surface area (Å²) in [6.07, 6.45) is 1.02. The molecule has 2 aromatic heterocycles. The molecule has 0 radical (unpaired) electrons. The van der Waals surface area contributed by atoms with E-state index in [-0.39, 0.29) is 18.5 Å². The average Bonchev–Trinajstić information content (AvgIpc) is 3.22. The first-order valence-corrected chi connectivity index (χ1v) is 9.81. The van der Waals surface area contributed by atoms with Gasteiger partial charge in [0.2, 0.25) is 5.13 Å². The molecule has 4 rings (SSSR count). The number of hydrogen-bond donors (Lipinski definition) is 1. The van der Waals surface area contributed by atoms with Crippen LogP contribution in [0.15, 0.2) is 18.2 Å². The normalized spacial score (nSPS) is 13.4. The molecule has 1 aliphatic heterocycles. The smallest absolute Gasteiger partial charge is 0.233 e. The third kappa shape index (κ3) is 3.96. The van der Waals surface area contributed by atoms with Gasteiger partial charge in [0, 0.05) is 36.3 Å². The molecule has 0 atom stereocenters. The van der Waals surface area contributed by atoms with Crippen LogP contribution in [-0.4, -0.2) is 32.6 Å². The van der Waals surface area contributed by atoms with Crippen LogP contribution in [0.1, 0.15) is 30.8 Å². The fraction of sp³-hybridized carbons (Fsp3) is 0.389. The van der Waals surface area contributed by atoms with Crippen molar-refractivity contribution < 1.29 is 4.74 Å². The lowest BCUT2D eigenvalue weighted by Crippen LogP contribution is -2.23. The fourth-order valence-electron chi connectivity index (χ4n) is 3.03. The van der Waals surface area contributed by atoms with Gasteiger partial charge in [-0.1, -0.05) is 22.9 Å². The molecule has 6 nitrogen and oxygen atoms in total. The van der Waals surface area contributed by atoms with Gasteiger partial charge in [-0.2, -0.15) is 5.10 Å². The van der Waals surface area contributed by atoms with Crippen molar-refractivity contribution in [2.24, 2.45) is 0 Å². The number of ether oxygens (including phenoxy) is 1. The minimum atomic E-state index is 0. The van der Waals surface area contributed by atoms with Gasteiger partial charge in [-0.3, -0.25) is 0 Å². The van der Waals surface area contributed by atoms with E-state index in [2.05, 4.69) is 22.4 Å². The van der Waals surface area contributed by atoms with E-state index in [4.69, 9.17) is 21.4 Å². The first kappa shape index (κ1) is 20.1. The number of aromatic nitrogens is 4. The molecule has 3 aromatic rings. The van der Waals surface area contributed by atoms with Gasteiger partial charge in [0.15, 0.2) is 0 Å². The molecule has 1 N–H and O–H groups in total. The van der Waals surface area contributed by atoms with Crippen LogP contribution in [0, 0.1) is 6.92 Å². The second-order valence-electron chi connectivity index (χ2n) is 6.55. The van der Waals surface area contributed by atoms with E-state index < -0.39 is 0 Å². The topological polar surface area (TPSA) is 64.9 Å². The fourth-order valence-corrected chi connectivity index (χ4v) is 4.10. The van der Waals surface area contributed by atoms with Crippen LogP contribution in [-0.2, 0) is 13.0 Å². The highest BCUT2D eigenvalue weighted by atomic mass is 35.5. The van der Waals surface area contributed by atoms with Gasteiger partial charge in [-0.15, -0.1) is 22.6 Å². The van der Waals surface area contributed by atoms with Crippen molar-refractivity contribution in [2.75, 3.05) is 6.54 Å². The van der Waals surface area contributed by atoms with Crippen molar-refractivity contribution in [3.8, 4) is 21.5 Å². The Morgan fingerprint density at radius 3 is 2.81 bits per heavy atom. The first-order chi connectivity index (χ1) is 12.5. The molecule has 0 saturated carbocycles. The second kappa shape index (κ2) is 8.14. The summed E-state index contributed by atoms with van der Waals surface area (Å²) in [7, 11) is 0. The Balaban J connectivity index is 0.00000210. The van der Waals surface area contributed by atoms with Crippen LogP contribution >= 0.6 is 35.3 Å². The minimum absolute atomic E-state index is 0. The van der Waals surface area contributed by atoms with E-state index in [9.17, 15) is 0 Å². The van der Waals surface area contributed by atoms with E-state index in [0.29, 0.717) is 10.8 Å². The molecule has 0 fully saturated rings. The second-order valence-corrected chi connectivity index (χ2v) is 7.91. The number of benzene rings is 1. The highest BCUT2D eigenvalue weighted by Gasteiger charge is 2.20. The summed E-state index contributed by atoms with van der Waals surface area (Å²) in [6.45, 7) is 7.86. The third-order valence-corrected chi connectivity index (χ3v) is 5.54. The Hall–Kier alpha value is -1.67. The number of halogens is 2. The summed E-state index contributed by atoms with van der Waals surface area (Å²) in [5, 5.41) is 18.9. The standard InChI is InChI=1S/C18H20ClN5OS.ClH/c1-10(2)25-16-5-4-12(8-14(16)19)17-21-22-18(26-17)24-11(3)13-9-20-7-6-15(13)23-24;/h4-5,8,10,20H,6-7,9H2,1-3H3;1H. The van der Waals surface area contributed by atoms with Gasteiger partial charge < -0.3 is 10.1 Å². The van der Waals surface area contributed by atoms with E-state index >= 15 is 0 Å². The monoisotopic (exact) mass is 425 g/mol. The zero-order valence-electron chi connectivity index (χ0n) is 15.3. The molecular weight excluding hydrogens is 405 g/mol. The summed E-state index contributed by atoms with van der Waals surface area (Å²) in [5.41, 5.74) is 4.46. The summed E-state index contributed by atoms with van der Waals surface area (Å²) in [5.74, 6) is 0.679. The van der Waals surface area contributed by atoms with Gasteiger partial charge in [0.25, 0.3) is 0 Å². The summed E-state index contributed by atoms with van der Waals surface area (Å²) < 4.78 is 7.59. The number of rotatable bonds is 4. The summed E-state index contributed by atoms with van der Waals surface area (Å²) >= 11 is 7.85. The molecule has 0 aliphatic carbocycles. The van der Waals surface area contributed by atoms with E-state index in [1.54, 1.807) is 0 Å². The SMILES string of the molecule is Cc1c2c(nn1-c1nnc(-c3ccc(OC(C)C)c(Cl)c3)s1)CCNC2.Cl. The lowest BCUT2D eigenvalue weighted by atomic mass is 10.1. The molecular formula is C18H21Cl2N5OS.